The third kappa shape index (κ3) is 3.87. The number of hydrogen-bond acceptors (Lipinski definition) is 5. The summed E-state index contributed by atoms with van der Waals surface area (Å²) in [6, 6.07) is 14.5. The summed E-state index contributed by atoms with van der Waals surface area (Å²) in [4.78, 5) is 4.86. The Bertz CT molecular complexity index is 996. The van der Waals surface area contributed by atoms with Crippen molar-refractivity contribution in [3.8, 4) is 5.75 Å². The number of rotatable bonds is 7. The maximum Gasteiger partial charge on any atom is 0.242 e. The molecule has 0 unspecified atom stereocenters. The molecule has 0 saturated carbocycles. The lowest BCUT2D eigenvalue weighted by molar-refractivity contribution is 0.343. The minimum atomic E-state index is -3.41. The van der Waals surface area contributed by atoms with Crippen molar-refractivity contribution in [1.82, 2.24) is 13.9 Å². The minimum Gasteiger partial charge on any atom is -0.493 e. The van der Waals surface area contributed by atoms with E-state index in [1.807, 2.05) is 31.3 Å². The molecule has 1 heterocycles. The highest BCUT2D eigenvalue weighted by Crippen LogP contribution is 2.23. The summed E-state index contributed by atoms with van der Waals surface area (Å²) in [5.41, 5.74) is 2.09. The van der Waals surface area contributed by atoms with Crippen LogP contribution in [0.3, 0.4) is 0 Å². The Kier molecular flexibility index (Phi) is 5.55. The quantitative estimate of drug-likeness (QED) is 0.458. The summed E-state index contributed by atoms with van der Waals surface area (Å²) in [5, 5.41) is 0.947. The van der Waals surface area contributed by atoms with Crippen LogP contribution in [0.2, 0.25) is 0 Å². The van der Waals surface area contributed by atoms with Crippen LogP contribution in [-0.2, 0) is 17.1 Å². The van der Waals surface area contributed by atoms with Gasteiger partial charge in [0.15, 0.2) is 5.16 Å². The molecule has 1 aromatic heterocycles. The number of benzene rings is 2. The first kappa shape index (κ1) is 18.8. The third-order valence-corrected chi connectivity index (χ3v) is 6.76. The van der Waals surface area contributed by atoms with E-state index in [1.54, 1.807) is 36.0 Å². The maximum absolute atomic E-state index is 12.0. The lowest BCUT2D eigenvalue weighted by Gasteiger charge is -2.12. The van der Waals surface area contributed by atoms with Crippen LogP contribution < -0.4 is 4.74 Å². The zero-order valence-electron chi connectivity index (χ0n) is 14.9. The second-order valence-electron chi connectivity index (χ2n) is 5.90. The summed E-state index contributed by atoms with van der Waals surface area (Å²) >= 11 is 1.63. The number of imidazole rings is 1. The molecule has 0 radical (unpaired) electrons. The smallest absolute Gasteiger partial charge is 0.242 e. The first-order valence-electron chi connectivity index (χ1n) is 8.09. The zero-order chi connectivity index (χ0) is 18.7. The van der Waals surface area contributed by atoms with E-state index in [0.717, 1.165) is 21.9 Å². The molecule has 0 N–H and O–H groups in total. The number of fused-ring (bicyclic) bond motifs is 1. The molecule has 8 heteroatoms. The molecule has 0 saturated heterocycles. The molecular weight excluding hydrogens is 370 g/mol. The summed E-state index contributed by atoms with van der Waals surface area (Å²) < 4.78 is 33.0. The van der Waals surface area contributed by atoms with Crippen LogP contribution in [0.25, 0.3) is 11.0 Å². The van der Waals surface area contributed by atoms with Gasteiger partial charge in [-0.1, -0.05) is 23.9 Å². The van der Waals surface area contributed by atoms with Crippen molar-refractivity contribution in [2.75, 3.05) is 26.5 Å². The third-order valence-electron chi connectivity index (χ3n) is 3.93. The number of thioether (sulfide) groups is 1. The molecular formula is C18H21N3O3S2. The van der Waals surface area contributed by atoms with E-state index in [9.17, 15) is 8.42 Å². The normalized spacial score (nSPS) is 12.0. The van der Waals surface area contributed by atoms with Gasteiger partial charge in [0.2, 0.25) is 10.0 Å². The Morgan fingerprint density at radius 1 is 1.12 bits per heavy atom. The van der Waals surface area contributed by atoms with Crippen LogP contribution in [-0.4, -0.2) is 48.7 Å². The molecule has 0 fully saturated rings. The van der Waals surface area contributed by atoms with E-state index >= 15 is 0 Å². The first-order valence-corrected chi connectivity index (χ1v) is 10.5. The second kappa shape index (κ2) is 7.69. The Labute approximate surface area is 157 Å². The Hall–Kier alpha value is -2.03. The van der Waals surface area contributed by atoms with Gasteiger partial charge in [0, 0.05) is 26.9 Å². The average molecular weight is 392 g/mol. The van der Waals surface area contributed by atoms with E-state index in [1.165, 1.54) is 18.4 Å². The van der Waals surface area contributed by atoms with Crippen LogP contribution >= 0.6 is 11.8 Å². The van der Waals surface area contributed by atoms with E-state index in [0.29, 0.717) is 12.4 Å². The molecule has 0 aliphatic heterocycles. The molecule has 0 aliphatic rings. The van der Waals surface area contributed by atoms with Crippen LogP contribution in [0.5, 0.6) is 5.75 Å². The molecule has 3 rings (SSSR count). The molecule has 138 valence electrons. The van der Waals surface area contributed by atoms with Gasteiger partial charge in [-0.2, -0.15) is 0 Å². The first-order chi connectivity index (χ1) is 12.4. The predicted molar refractivity (Wildman–Crippen MR) is 104 cm³/mol. The molecule has 2 aromatic carbocycles. The van der Waals surface area contributed by atoms with Gasteiger partial charge in [-0.05, 0) is 36.4 Å². The fourth-order valence-corrected chi connectivity index (χ4v) is 4.17. The highest BCUT2D eigenvalue weighted by molar-refractivity contribution is 7.99. The standard InChI is InChI=1S/C18H21N3O3S2/c1-20(2)26(22,23)15-10-8-14(9-11-15)24-12-13-25-18-19-16-6-4-5-7-17(16)21(18)3/h4-11H,12-13H2,1-3H3. The maximum atomic E-state index is 12.0. The number of hydrogen-bond donors (Lipinski definition) is 0. The Balaban J connectivity index is 1.56. The van der Waals surface area contributed by atoms with Gasteiger partial charge in [0.05, 0.1) is 22.5 Å². The van der Waals surface area contributed by atoms with Crippen molar-refractivity contribution in [3.63, 3.8) is 0 Å². The van der Waals surface area contributed by atoms with Gasteiger partial charge in [-0.15, -0.1) is 0 Å². The molecule has 6 nitrogen and oxygen atoms in total. The largest absolute Gasteiger partial charge is 0.493 e. The molecule has 0 atom stereocenters. The SMILES string of the molecule is CN(C)S(=O)(=O)c1ccc(OCCSc2nc3ccccc3n2C)cc1. The van der Waals surface area contributed by atoms with Crippen LogP contribution in [0.4, 0.5) is 0 Å². The minimum absolute atomic E-state index is 0.254. The van der Waals surface area contributed by atoms with Crippen molar-refractivity contribution in [2.45, 2.75) is 10.1 Å². The van der Waals surface area contributed by atoms with Crippen molar-refractivity contribution in [2.24, 2.45) is 7.05 Å². The van der Waals surface area contributed by atoms with Crippen molar-refractivity contribution < 1.29 is 13.2 Å². The molecule has 26 heavy (non-hydrogen) atoms. The highest BCUT2D eigenvalue weighted by atomic mass is 32.2. The number of sulfonamides is 1. The molecule has 0 bridgehead atoms. The number of aromatic nitrogens is 2. The molecule has 0 amide bonds. The average Bonchev–Trinajstić information content (AvgIpc) is 2.95. The fraction of sp³-hybridized carbons (Fsp3) is 0.278. The predicted octanol–water partition coefficient (Wildman–Crippen LogP) is 2.99. The van der Waals surface area contributed by atoms with Gasteiger partial charge in [0.1, 0.15) is 5.75 Å². The van der Waals surface area contributed by atoms with E-state index in [-0.39, 0.29) is 4.90 Å². The number of para-hydroxylation sites is 2. The van der Waals surface area contributed by atoms with Gasteiger partial charge >= 0.3 is 0 Å². The summed E-state index contributed by atoms with van der Waals surface area (Å²) in [7, 11) is 1.62. The molecule has 0 spiro atoms. The lowest BCUT2D eigenvalue weighted by atomic mass is 10.3. The van der Waals surface area contributed by atoms with Crippen molar-refractivity contribution in [1.29, 1.82) is 0 Å². The second-order valence-corrected chi connectivity index (χ2v) is 9.11. The van der Waals surface area contributed by atoms with Gasteiger partial charge in [-0.3, -0.25) is 0 Å². The van der Waals surface area contributed by atoms with Crippen LogP contribution in [0, 0.1) is 0 Å². The number of aryl methyl sites for hydroxylation is 1. The summed E-state index contributed by atoms with van der Waals surface area (Å²) in [6.45, 7) is 0.508. The Morgan fingerprint density at radius 3 is 2.46 bits per heavy atom. The monoisotopic (exact) mass is 391 g/mol. The Morgan fingerprint density at radius 2 is 1.81 bits per heavy atom. The fourth-order valence-electron chi connectivity index (χ4n) is 2.46. The van der Waals surface area contributed by atoms with Crippen molar-refractivity contribution >= 4 is 32.8 Å². The summed E-state index contributed by atoms with van der Waals surface area (Å²) in [6.07, 6.45) is 0. The van der Waals surface area contributed by atoms with Crippen LogP contribution in [0.1, 0.15) is 0 Å². The van der Waals surface area contributed by atoms with E-state index in [4.69, 9.17) is 4.74 Å². The van der Waals surface area contributed by atoms with Gasteiger partial charge in [0.25, 0.3) is 0 Å². The topological polar surface area (TPSA) is 64.4 Å². The lowest BCUT2D eigenvalue weighted by Crippen LogP contribution is -2.22. The van der Waals surface area contributed by atoms with Gasteiger partial charge in [-0.25, -0.2) is 17.7 Å². The summed E-state index contributed by atoms with van der Waals surface area (Å²) in [5.74, 6) is 1.39. The van der Waals surface area contributed by atoms with E-state index in [2.05, 4.69) is 9.55 Å². The van der Waals surface area contributed by atoms with E-state index < -0.39 is 10.0 Å². The number of ether oxygens (including phenoxy) is 1. The highest BCUT2D eigenvalue weighted by Gasteiger charge is 2.16. The van der Waals surface area contributed by atoms with Crippen molar-refractivity contribution in [3.05, 3.63) is 48.5 Å². The molecule has 0 aliphatic carbocycles. The number of nitrogens with zero attached hydrogens (tertiary/aromatic N) is 3. The van der Waals surface area contributed by atoms with Crippen LogP contribution in [0.15, 0.2) is 58.6 Å². The zero-order valence-corrected chi connectivity index (χ0v) is 16.5. The van der Waals surface area contributed by atoms with Gasteiger partial charge < -0.3 is 9.30 Å². The molecule has 3 aromatic rings.